The maximum Gasteiger partial charge on any atom is 0.255 e. The van der Waals surface area contributed by atoms with Crippen molar-refractivity contribution in [2.75, 3.05) is 6.54 Å². The molecule has 2 aromatic rings. The van der Waals surface area contributed by atoms with Crippen LogP contribution in [0.25, 0.3) is 0 Å². The van der Waals surface area contributed by atoms with Gasteiger partial charge in [-0.1, -0.05) is 0 Å². The molecular weight excluding hydrogens is 273 g/mol. The number of nitrogens with zero attached hydrogens (tertiary/aromatic N) is 2. The number of aromatic nitrogens is 2. The molecule has 6 heteroatoms. The number of carbonyl (C=O) groups excluding carboxylic acids is 1. The highest BCUT2D eigenvalue weighted by Gasteiger charge is 2.12. The largest absolute Gasteiger partial charge is 0.507 e. The number of rotatable bonds is 5. The van der Waals surface area contributed by atoms with Gasteiger partial charge in [0, 0.05) is 25.2 Å². The van der Waals surface area contributed by atoms with Crippen molar-refractivity contribution in [1.82, 2.24) is 15.1 Å². The molecule has 1 aromatic heterocycles. The molecule has 2 rings (SSSR count). The molecule has 0 spiro atoms. The minimum absolute atomic E-state index is 0.0669. The zero-order valence-corrected chi connectivity index (χ0v) is 12.0. The second kappa shape index (κ2) is 6.39. The van der Waals surface area contributed by atoms with Crippen molar-refractivity contribution in [2.24, 2.45) is 0 Å². The Morgan fingerprint density at radius 3 is 2.86 bits per heavy atom. The molecule has 0 aliphatic heterocycles. The molecule has 0 atom stereocenters. The molecule has 21 heavy (non-hydrogen) atoms. The lowest BCUT2D eigenvalue weighted by Gasteiger charge is -2.06. The first-order valence-corrected chi connectivity index (χ1v) is 6.78. The molecule has 1 aromatic carbocycles. The first kappa shape index (κ1) is 15.0. The third kappa shape index (κ3) is 3.81. The van der Waals surface area contributed by atoms with Crippen LogP contribution >= 0.6 is 0 Å². The first-order valence-electron chi connectivity index (χ1n) is 6.78. The lowest BCUT2D eigenvalue weighted by Crippen LogP contribution is -2.26. The smallest absolute Gasteiger partial charge is 0.255 e. The van der Waals surface area contributed by atoms with Crippen LogP contribution in [0.3, 0.4) is 0 Å². The third-order valence-electron chi connectivity index (χ3n) is 3.06. The Balaban J connectivity index is 1.90. The van der Waals surface area contributed by atoms with Crippen LogP contribution in [0.1, 0.15) is 35.9 Å². The lowest BCUT2D eigenvalue weighted by molar-refractivity contribution is 0.0951. The van der Waals surface area contributed by atoms with Crippen LogP contribution in [0.5, 0.6) is 5.75 Å². The van der Waals surface area contributed by atoms with Gasteiger partial charge >= 0.3 is 0 Å². The molecule has 1 heterocycles. The molecule has 0 radical (unpaired) electrons. The highest BCUT2D eigenvalue weighted by Crippen LogP contribution is 2.17. The Bertz CT molecular complexity index is 638. The Morgan fingerprint density at radius 2 is 2.19 bits per heavy atom. The van der Waals surface area contributed by atoms with Gasteiger partial charge in [-0.15, -0.1) is 0 Å². The molecule has 1 amide bonds. The summed E-state index contributed by atoms with van der Waals surface area (Å²) in [4.78, 5) is 11.9. The van der Waals surface area contributed by atoms with Gasteiger partial charge in [0.2, 0.25) is 0 Å². The van der Waals surface area contributed by atoms with Crippen molar-refractivity contribution < 1.29 is 14.3 Å². The zero-order chi connectivity index (χ0) is 15.4. The van der Waals surface area contributed by atoms with Gasteiger partial charge < -0.3 is 10.4 Å². The molecule has 5 nitrogen and oxygen atoms in total. The minimum atomic E-state index is -0.561. The number of hydrogen-bond acceptors (Lipinski definition) is 3. The van der Waals surface area contributed by atoms with E-state index in [9.17, 15) is 14.3 Å². The van der Waals surface area contributed by atoms with E-state index in [0.29, 0.717) is 13.0 Å². The number of aromatic hydroxyl groups is 1. The van der Waals surface area contributed by atoms with Gasteiger partial charge in [-0.05, 0) is 38.1 Å². The van der Waals surface area contributed by atoms with Gasteiger partial charge in [-0.25, -0.2) is 4.39 Å². The molecule has 0 unspecified atom stereocenters. The van der Waals surface area contributed by atoms with E-state index in [-0.39, 0.29) is 17.4 Å². The quantitative estimate of drug-likeness (QED) is 0.888. The van der Waals surface area contributed by atoms with E-state index >= 15 is 0 Å². The van der Waals surface area contributed by atoms with Gasteiger partial charge in [-0.3, -0.25) is 9.48 Å². The van der Waals surface area contributed by atoms with Gasteiger partial charge in [0.05, 0.1) is 11.3 Å². The van der Waals surface area contributed by atoms with Crippen LogP contribution in [0.2, 0.25) is 0 Å². The van der Waals surface area contributed by atoms with E-state index in [4.69, 9.17) is 0 Å². The second-order valence-corrected chi connectivity index (χ2v) is 5.05. The van der Waals surface area contributed by atoms with Crippen LogP contribution in [-0.2, 0) is 6.42 Å². The molecule has 0 fully saturated rings. The van der Waals surface area contributed by atoms with E-state index in [0.717, 1.165) is 23.9 Å². The van der Waals surface area contributed by atoms with Crippen LogP contribution in [0.15, 0.2) is 30.5 Å². The van der Waals surface area contributed by atoms with E-state index in [1.54, 1.807) is 0 Å². The highest BCUT2D eigenvalue weighted by atomic mass is 19.1. The summed E-state index contributed by atoms with van der Waals surface area (Å²) >= 11 is 0. The van der Waals surface area contributed by atoms with Gasteiger partial charge in [0.25, 0.3) is 5.91 Å². The summed E-state index contributed by atoms with van der Waals surface area (Å²) in [6.45, 7) is 4.43. The van der Waals surface area contributed by atoms with Crippen LogP contribution in [0, 0.1) is 5.82 Å². The maximum absolute atomic E-state index is 13.1. The fraction of sp³-hybridized carbons (Fsp3) is 0.333. The Kier molecular flexibility index (Phi) is 4.57. The molecule has 0 saturated heterocycles. The maximum atomic E-state index is 13.1. The number of amides is 1. The fourth-order valence-corrected chi connectivity index (χ4v) is 1.89. The molecule has 0 aliphatic carbocycles. The molecule has 112 valence electrons. The SMILES string of the molecule is CC(C)n1ccc(CCNC(=O)c2cc(F)ccc2O)n1. The van der Waals surface area contributed by atoms with Gasteiger partial charge in [0.15, 0.2) is 0 Å². The number of halogens is 1. The average molecular weight is 291 g/mol. The van der Waals surface area contributed by atoms with Gasteiger partial charge in [0.1, 0.15) is 11.6 Å². The van der Waals surface area contributed by atoms with E-state index < -0.39 is 11.7 Å². The standard InChI is InChI=1S/C15H18FN3O2/c1-10(2)19-8-6-12(18-19)5-7-17-15(21)13-9-11(16)3-4-14(13)20/h3-4,6,8-10,20H,5,7H2,1-2H3,(H,17,21). The predicted molar refractivity (Wildman–Crippen MR) is 76.7 cm³/mol. The summed E-state index contributed by atoms with van der Waals surface area (Å²) in [5.41, 5.74) is 0.801. The van der Waals surface area contributed by atoms with E-state index in [1.807, 2.05) is 30.8 Å². The molecular formula is C15H18FN3O2. The number of nitrogens with one attached hydrogen (secondary N) is 1. The number of benzene rings is 1. The summed E-state index contributed by atoms with van der Waals surface area (Å²) in [6.07, 6.45) is 2.46. The summed E-state index contributed by atoms with van der Waals surface area (Å²) in [7, 11) is 0. The summed E-state index contributed by atoms with van der Waals surface area (Å²) < 4.78 is 14.9. The van der Waals surface area contributed by atoms with Crippen molar-refractivity contribution >= 4 is 5.91 Å². The van der Waals surface area contributed by atoms with Crippen LogP contribution < -0.4 is 5.32 Å². The topological polar surface area (TPSA) is 67.2 Å². The second-order valence-electron chi connectivity index (χ2n) is 5.05. The van der Waals surface area contributed by atoms with Crippen molar-refractivity contribution in [3.8, 4) is 5.75 Å². The fourth-order valence-electron chi connectivity index (χ4n) is 1.89. The molecule has 0 aliphatic rings. The van der Waals surface area contributed by atoms with E-state index in [1.165, 1.54) is 0 Å². The Morgan fingerprint density at radius 1 is 1.43 bits per heavy atom. The number of hydrogen-bond donors (Lipinski definition) is 2. The van der Waals surface area contributed by atoms with Crippen LogP contribution in [-0.4, -0.2) is 27.3 Å². The van der Waals surface area contributed by atoms with E-state index in [2.05, 4.69) is 10.4 Å². The predicted octanol–water partition coefficient (Wildman–Crippen LogP) is 2.28. The minimum Gasteiger partial charge on any atom is -0.507 e. The van der Waals surface area contributed by atoms with Crippen molar-refractivity contribution in [2.45, 2.75) is 26.3 Å². The van der Waals surface area contributed by atoms with Gasteiger partial charge in [-0.2, -0.15) is 5.10 Å². The normalized spacial score (nSPS) is 10.9. The van der Waals surface area contributed by atoms with Crippen molar-refractivity contribution in [3.63, 3.8) is 0 Å². The summed E-state index contributed by atoms with van der Waals surface area (Å²) in [5, 5.41) is 16.5. The Hall–Kier alpha value is -2.37. The summed E-state index contributed by atoms with van der Waals surface area (Å²) in [6, 6.07) is 5.46. The molecule has 2 N–H and O–H groups in total. The lowest BCUT2D eigenvalue weighted by atomic mass is 10.2. The number of phenolic OH excluding ortho intramolecular Hbond substituents is 1. The van der Waals surface area contributed by atoms with Crippen molar-refractivity contribution in [3.05, 3.63) is 47.5 Å². The highest BCUT2D eigenvalue weighted by molar-refractivity contribution is 5.96. The first-order chi connectivity index (χ1) is 9.97. The van der Waals surface area contributed by atoms with Crippen molar-refractivity contribution in [1.29, 1.82) is 0 Å². The number of phenols is 1. The summed E-state index contributed by atoms with van der Waals surface area (Å²) in [5.74, 6) is -1.30. The molecule has 0 saturated carbocycles. The number of carbonyl (C=O) groups is 1. The van der Waals surface area contributed by atoms with Crippen LogP contribution in [0.4, 0.5) is 4.39 Å². The molecule has 0 bridgehead atoms. The monoisotopic (exact) mass is 291 g/mol. The average Bonchev–Trinajstić information content (AvgIpc) is 2.90. The third-order valence-corrected chi connectivity index (χ3v) is 3.06. The zero-order valence-electron chi connectivity index (χ0n) is 12.0. The Labute approximate surface area is 122 Å².